The Balaban J connectivity index is 2.17. The molecule has 0 aliphatic carbocycles. The van der Waals surface area contributed by atoms with Gasteiger partial charge in [-0.25, -0.2) is 4.98 Å². The highest BCUT2D eigenvalue weighted by Crippen LogP contribution is 2.29. The maximum atomic E-state index is 9.83. The van der Waals surface area contributed by atoms with Crippen molar-refractivity contribution in [3.63, 3.8) is 0 Å². The molecule has 0 spiro atoms. The van der Waals surface area contributed by atoms with Crippen LogP contribution < -0.4 is 4.90 Å². The van der Waals surface area contributed by atoms with E-state index in [4.69, 9.17) is 0 Å². The molecular formula is C11H15BrN2O. The monoisotopic (exact) mass is 270 g/mol. The normalized spacial score (nSPS) is 25.9. The third-order valence-corrected chi connectivity index (χ3v) is 3.59. The van der Waals surface area contributed by atoms with Crippen LogP contribution in [0.2, 0.25) is 0 Å². The van der Waals surface area contributed by atoms with Gasteiger partial charge in [0.15, 0.2) is 0 Å². The highest BCUT2D eigenvalue weighted by atomic mass is 79.9. The van der Waals surface area contributed by atoms with Crippen molar-refractivity contribution in [2.24, 2.45) is 5.92 Å². The maximum absolute atomic E-state index is 9.83. The molecule has 0 bridgehead atoms. The number of aliphatic hydroxyl groups excluding tert-OH is 1. The quantitative estimate of drug-likeness (QED) is 0.894. The van der Waals surface area contributed by atoms with Gasteiger partial charge < -0.3 is 10.0 Å². The van der Waals surface area contributed by atoms with Gasteiger partial charge in [0, 0.05) is 25.2 Å². The van der Waals surface area contributed by atoms with Gasteiger partial charge in [-0.05, 0) is 34.5 Å². The molecule has 1 aromatic heterocycles. The number of hydrogen-bond acceptors (Lipinski definition) is 3. The minimum Gasteiger partial charge on any atom is -0.391 e. The predicted molar refractivity (Wildman–Crippen MR) is 63.9 cm³/mol. The third kappa shape index (κ3) is 2.16. The topological polar surface area (TPSA) is 36.4 Å². The first-order valence-electron chi connectivity index (χ1n) is 5.26. The standard InChI is InChI=1S/C11H15BrN2O/c1-2-8-6-14(7-10(8)15)11-9(12)4-3-5-13-11/h3-5,8,10,15H,2,6-7H2,1H3. The van der Waals surface area contributed by atoms with Crippen LogP contribution in [0.25, 0.3) is 0 Å². The number of β-amino-alcohol motifs (C(OH)–C–C–N with tert-alkyl or cyclic N) is 1. The third-order valence-electron chi connectivity index (χ3n) is 2.97. The SMILES string of the molecule is CCC1CN(c2ncccc2Br)CC1O. The van der Waals surface area contributed by atoms with Crippen LogP contribution >= 0.6 is 15.9 Å². The van der Waals surface area contributed by atoms with E-state index in [9.17, 15) is 5.11 Å². The van der Waals surface area contributed by atoms with Crippen LogP contribution in [0.3, 0.4) is 0 Å². The molecule has 82 valence electrons. The molecule has 1 aliphatic heterocycles. The van der Waals surface area contributed by atoms with E-state index in [0.29, 0.717) is 12.5 Å². The number of pyridine rings is 1. The Kier molecular flexibility index (Phi) is 3.26. The lowest BCUT2D eigenvalue weighted by Crippen LogP contribution is -2.22. The molecule has 2 atom stereocenters. The van der Waals surface area contributed by atoms with Crippen molar-refractivity contribution in [3.8, 4) is 0 Å². The highest BCUT2D eigenvalue weighted by Gasteiger charge is 2.31. The summed E-state index contributed by atoms with van der Waals surface area (Å²) in [5.74, 6) is 1.31. The number of nitrogens with zero attached hydrogens (tertiary/aromatic N) is 2. The number of anilines is 1. The number of aromatic nitrogens is 1. The molecule has 2 heterocycles. The van der Waals surface area contributed by atoms with Crippen LogP contribution in [-0.2, 0) is 0 Å². The Hall–Kier alpha value is -0.610. The van der Waals surface area contributed by atoms with Crippen LogP contribution in [-0.4, -0.2) is 29.3 Å². The summed E-state index contributed by atoms with van der Waals surface area (Å²) in [4.78, 5) is 6.47. The molecule has 1 aliphatic rings. The Bertz CT molecular complexity index is 345. The van der Waals surface area contributed by atoms with Crippen LogP contribution in [0.1, 0.15) is 13.3 Å². The molecule has 4 heteroatoms. The number of aliphatic hydroxyl groups is 1. The fraction of sp³-hybridized carbons (Fsp3) is 0.545. The second-order valence-corrected chi connectivity index (χ2v) is 4.80. The number of rotatable bonds is 2. The van der Waals surface area contributed by atoms with Crippen LogP contribution in [0, 0.1) is 5.92 Å². The van der Waals surface area contributed by atoms with E-state index < -0.39 is 0 Å². The van der Waals surface area contributed by atoms with E-state index in [1.54, 1.807) is 6.20 Å². The zero-order chi connectivity index (χ0) is 10.8. The molecule has 3 nitrogen and oxygen atoms in total. The van der Waals surface area contributed by atoms with Crippen molar-refractivity contribution in [2.75, 3.05) is 18.0 Å². The molecule has 0 amide bonds. The van der Waals surface area contributed by atoms with Gasteiger partial charge in [-0.2, -0.15) is 0 Å². The first-order valence-corrected chi connectivity index (χ1v) is 6.05. The molecular weight excluding hydrogens is 256 g/mol. The average Bonchev–Trinajstić information content (AvgIpc) is 2.60. The average molecular weight is 271 g/mol. The van der Waals surface area contributed by atoms with E-state index in [2.05, 4.69) is 32.7 Å². The lowest BCUT2D eigenvalue weighted by molar-refractivity contribution is 0.146. The Labute approximate surface area is 98.3 Å². The van der Waals surface area contributed by atoms with Gasteiger partial charge in [0.05, 0.1) is 10.6 Å². The Morgan fingerprint density at radius 2 is 2.40 bits per heavy atom. The maximum Gasteiger partial charge on any atom is 0.142 e. The number of hydrogen-bond donors (Lipinski definition) is 1. The van der Waals surface area contributed by atoms with Crippen LogP contribution in [0.4, 0.5) is 5.82 Å². The van der Waals surface area contributed by atoms with Gasteiger partial charge >= 0.3 is 0 Å². The predicted octanol–water partition coefficient (Wildman–Crippen LogP) is 2.05. The van der Waals surface area contributed by atoms with E-state index >= 15 is 0 Å². The van der Waals surface area contributed by atoms with Gasteiger partial charge in [0.2, 0.25) is 0 Å². The molecule has 2 rings (SSSR count). The van der Waals surface area contributed by atoms with Crippen molar-refractivity contribution < 1.29 is 5.11 Å². The van der Waals surface area contributed by atoms with Crippen molar-refractivity contribution in [3.05, 3.63) is 22.8 Å². The number of halogens is 1. The van der Waals surface area contributed by atoms with Crippen LogP contribution in [0.5, 0.6) is 0 Å². The summed E-state index contributed by atoms with van der Waals surface area (Å²) in [6, 6.07) is 3.88. The zero-order valence-electron chi connectivity index (χ0n) is 8.73. The van der Waals surface area contributed by atoms with Crippen LogP contribution in [0.15, 0.2) is 22.8 Å². The Morgan fingerprint density at radius 3 is 3.00 bits per heavy atom. The minimum atomic E-state index is -0.219. The lowest BCUT2D eigenvalue weighted by Gasteiger charge is -2.17. The fourth-order valence-electron chi connectivity index (χ4n) is 2.04. The molecule has 0 saturated carbocycles. The van der Waals surface area contributed by atoms with Gasteiger partial charge in [-0.3, -0.25) is 0 Å². The smallest absolute Gasteiger partial charge is 0.142 e. The molecule has 1 aromatic rings. The summed E-state index contributed by atoms with van der Waals surface area (Å²) >= 11 is 3.48. The minimum absolute atomic E-state index is 0.219. The van der Waals surface area contributed by atoms with E-state index in [-0.39, 0.29) is 6.10 Å². The summed E-state index contributed by atoms with van der Waals surface area (Å²) in [7, 11) is 0. The molecule has 1 N–H and O–H groups in total. The molecule has 1 saturated heterocycles. The fourth-order valence-corrected chi connectivity index (χ4v) is 2.54. The molecule has 15 heavy (non-hydrogen) atoms. The van der Waals surface area contributed by atoms with Gasteiger partial charge in [0.1, 0.15) is 5.82 Å². The van der Waals surface area contributed by atoms with Gasteiger partial charge in [-0.15, -0.1) is 0 Å². The van der Waals surface area contributed by atoms with Crippen molar-refractivity contribution in [1.29, 1.82) is 0 Å². The molecule has 2 unspecified atom stereocenters. The van der Waals surface area contributed by atoms with Gasteiger partial charge in [-0.1, -0.05) is 6.92 Å². The van der Waals surface area contributed by atoms with Crippen molar-refractivity contribution in [2.45, 2.75) is 19.4 Å². The lowest BCUT2D eigenvalue weighted by atomic mass is 10.0. The largest absolute Gasteiger partial charge is 0.391 e. The van der Waals surface area contributed by atoms with Gasteiger partial charge in [0.25, 0.3) is 0 Å². The molecule has 0 radical (unpaired) electrons. The van der Waals surface area contributed by atoms with E-state index in [0.717, 1.165) is 23.3 Å². The van der Waals surface area contributed by atoms with Crippen molar-refractivity contribution in [1.82, 2.24) is 4.98 Å². The zero-order valence-corrected chi connectivity index (χ0v) is 10.3. The summed E-state index contributed by atoms with van der Waals surface area (Å²) in [6.07, 6.45) is 2.58. The molecule has 0 aromatic carbocycles. The highest BCUT2D eigenvalue weighted by molar-refractivity contribution is 9.10. The summed E-state index contributed by atoms with van der Waals surface area (Å²) in [5, 5.41) is 9.83. The molecule has 1 fully saturated rings. The first-order chi connectivity index (χ1) is 7.22. The first kappa shape index (κ1) is 10.9. The summed E-state index contributed by atoms with van der Waals surface area (Å²) in [6.45, 7) is 3.70. The summed E-state index contributed by atoms with van der Waals surface area (Å²) in [5.41, 5.74) is 0. The summed E-state index contributed by atoms with van der Waals surface area (Å²) < 4.78 is 0.994. The second kappa shape index (κ2) is 4.49. The van der Waals surface area contributed by atoms with Crippen molar-refractivity contribution >= 4 is 21.7 Å². The van der Waals surface area contributed by atoms with E-state index in [1.807, 2.05) is 12.1 Å². The Morgan fingerprint density at radius 1 is 1.60 bits per heavy atom. The van der Waals surface area contributed by atoms with E-state index in [1.165, 1.54) is 0 Å². The second-order valence-electron chi connectivity index (χ2n) is 3.95.